The molecule has 0 bridgehead atoms. The van der Waals surface area contributed by atoms with E-state index in [0.717, 1.165) is 0 Å². The van der Waals surface area contributed by atoms with E-state index >= 15 is 0 Å². The minimum Gasteiger partial charge on any atom is -0.496 e. The van der Waals surface area contributed by atoms with Crippen molar-refractivity contribution >= 4 is 13.1 Å². The minimum absolute atomic E-state index is 0.108. The first-order valence-corrected chi connectivity index (χ1v) is 5.96. The third-order valence-electron chi connectivity index (χ3n) is 2.58. The fourth-order valence-corrected chi connectivity index (χ4v) is 1.83. The summed E-state index contributed by atoms with van der Waals surface area (Å²) in [5.74, 6) is -1.09. The van der Waals surface area contributed by atoms with Crippen LogP contribution in [0.15, 0.2) is 12.1 Å². The van der Waals surface area contributed by atoms with E-state index in [1.165, 1.54) is 19.2 Å². The van der Waals surface area contributed by atoms with Crippen LogP contribution in [0.3, 0.4) is 0 Å². The van der Waals surface area contributed by atoms with E-state index in [2.05, 4.69) is 0 Å². The molecule has 1 aromatic carbocycles. The number of rotatable bonds is 4. The maximum Gasteiger partial charge on any atom is 0.491 e. The second-order valence-electron chi connectivity index (χ2n) is 4.65. The van der Waals surface area contributed by atoms with Crippen LogP contribution in [0, 0.1) is 0 Å². The van der Waals surface area contributed by atoms with Gasteiger partial charge in [0.15, 0.2) is 11.5 Å². The Balaban J connectivity index is 2.46. The van der Waals surface area contributed by atoms with Crippen molar-refractivity contribution < 1.29 is 33.8 Å². The summed E-state index contributed by atoms with van der Waals surface area (Å²) in [6.07, 6.45) is 0. The maximum atomic E-state index is 12.0. The fraction of sp³-hybridized carbons (Fsp3) is 0.417. The van der Waals surface area contributed by atoms with Crippen LogP contribution in [-0.4, -0.2) is 42.5 Å². The molecule has 1 aromatic rings. The van der Waals surface area contributed by atoms with Gasteiger partial charge in [0.2, 0.25) is 5.79 Å². The molecule has 0 aliphatic carbocycles. The molecule has 8 heteroatoms. The van der Waals surface area contributed by atoms with Crippen molar-refractivity contribution in [3.63, 3.8) is 0 Å². The maximum absolute atomic E-state index is 12.0. The molecule has 2 N–H and O–H groups in total. The summed E-state index contributed by atoms with van der Waals surface area (Å²) in [4.78, 5) is 12.0. The molecule has 0 saturated heterocycles. The summed E-state index contributed by atoms with van der Waals surface area (Å²) in [6, 6.07) is 3.04. The molecule has 1 heterocycles. The monoisotopic (exact) mass is 282 g/mol. The number of hydrogen-bond acceptors (Lipinski definition) is 7. The number of ether oxygens (including phenoxy) is 4. The van der Waals surface area contributed by atoms with Crippen molar-refractivity contribution in [3.05, 3.63) is 17.7 Å². The summed E-state index contributed by atoms with van der Waals surface area (Å²) < 4.78 is 21.0. The van der Waals surface area contributed by atoms with Gasteiger partial charge in [0.25, 0.3) is 0 Å². The minimum atomic E-state index is -1.63. The van der Waals surface area contributed by atoms with Gasteiger partial charge in [-0.3, -0.25) is 0 Å². The Kier molecular flexibility index (Phi) is 3.78. The summed E-state index contributed by atoms with van der Waals surface area (Å²) in [6.45, 7) is 2.81. The Hall–Kier alpha value is -1.93. The van der Waals surface area contributed by atoms with Crippen LogP contribution in [0.4, 0.5) is 0 Å². The zero-order chi connectivity index (χ0) is 14.9. The van der Waals surface area contributed by atoms with Crippen LogP contribution >= 0.6 is 0 Å². The first kappa shape index (κ1) is 14.5. The Bertz CT molecular complexity index is 527. The molecule has 0 radical (unpaired) electrons. The Morgan fingerprint density at radius 1 is 1.25 bits per heavy atom. The van der Waals surface area contributed by atoms with E-state index in [-0.39, 0.29) is 29.3 Å². The van der Waals surface area contributed by atoms with Gasteiger partial charge >= 0.3 is 13.1 Å². The number of cyclic esters (lactones) is 1. The van der Waals surface area contributed by atoms with Gasteiger partial charge < -0.3 is 29.0 Å². The number of carbonyl (C=O) groups is 1. The fourth-order valence-electron chi connectivity index (χ4n) is 1.83. The molecule has 7 nitrogen and oxygen atoms in total. The van der Waals surface area contributed by atoms with Crippen LogP contribution in [0.2, 0.25) is 0 Å². The molecular weight excluding hydrogens is 267 g/mol. The third kappa shape index (κ3) is 2.81. The van der Waals surface area contributed by atoms with Crippen molar-refractivity contribution in [2.45, 2.75) is 19.6 Å². The summed E-state index contributed by atoms with van der Waals surface area (Å²) in [7, 11) is -0.211. The highest BCUT2D eigenvalue weighted by molar-refractivity contribution is 6.40. The van der Waals surface area contributed by atoms with Crippen molar-refractivity contribution in [3.8, 4) is 17.2 Å². The van der Waals surface area contributed by atoms with Gasteiger partial charge in [-0.15, -0.1) is 0 Å². The smallest absolute Gasteiger partial charge is 0.491 e. The van der Waals surface area contributed by atoms with Crippen molar-refractivity contribution in [2.24, 2.45) is 0 Å². The average Bonchev–Trinajstić information content (AvgIpc) is 2.34. The van der Waals surface area contributed by atoms with Gasteiger partial charge in [-0.05, 0) is 12.1 Å². The number of hydrogen-bond donors (Lipinski definition) is 2. The Labute approximate surface area is 116 Å². The predicted octanol–water partition coefficient (Wildman–Crippen LogP) is 0.371. The lowest BCUT2D eigenvalue weighted by Crippen LogP contribution is -2.39. The molecule has 0 fully saturated rings. The Morgan fingerprint density at radius 2 is 1.90 bits per heavy atom. The zero-order valence-electron chi connectivity index (χ0n) is 11.4. The topological polar surface area (TPSA) is 94.5 Å². The van der Waals surface area contributed by atoms with E-state index in [1.54, 1.807) is 13.8 Å². The second-order valence-corrected chi connectivity index (χ2v) is 4.65. The lowest BCUT2D eigenvalue weighted by molar-refractivity contribution is -0.128. The molecule has 20 heavy (non-hydrogen) atoms. The molecular formula is C12H15BO7. The Morgan fingerprint density at radius 3 is 2.50 bits per heavy atom. The first-order chi connectivity index (χ1) is 9.34. The van der Waals surface area contributed by atoms with E-state index in [1.807, 2.05) is 0 Å². The van der Waals surface area contributed by atoms with Gasteiger partial charge in [0.1, 0.15) is 17.8 Å². The molecule has 0 atom stereocenters. The van der Waals surface area contributed by atoms with Crippen LogP contribution in [0.5, 0.6) is 17.2 Å². The number of fused-ring (bicyclic) bond motifs is 1. The molecule has 1 aliphatic rings. The van der Waals surface area contributed by atoms with Crippen LogP contribution in [-0.2, 0) is 4.74 Å². The quantitative estimate of drug-likeness (QED) is 0.608. The van der Waals surface area contributed by atoms with E-state index < -0.39 is 18.9 Å². The van der Waals surface area contributed by atoms with Crippen molar-refractivity contribution in [1.82, 2.24) is 0 Å². The van der Waals surface area contributed by atoms with E-state index in [4.69, 9.17) is 29.0 Å². The number of carbonyl (C=O) groups excluding carboxylic acids is 1. The standard InChI is InChI=1S/C12H15BO7/c1-12(2)19-10-8(18-6-13(15)16)5-4-7(17-3)9(10)11(14)20-12/h4-5,15-16H,6H2,1-3H3. The highest BCUT2D eigenvalue weighted by atomic mass is 16.7. The van der Waals surface area contributed by atoms with E-state index in [9.17, 15) is 4.79 Å². The van der Waals surface area contributed by atoms with Gasteiger partial charge in [-0.1, -0.05) is 0 Å². The predicted molar refractivity (Wildman–Crippen MR) is 68.8 cm³/mol. The molecule has 108 valence electrons. The molecule has 0 amide bonds. The van der Waals surface area contributed by atoms with Crippen molar-refractivity contribution in [2.75, 3.05) is 13.6 Å². The molecule has 0 spiro atoms. The average molecular weight is 282 g/mol. The van der Waals surface area contributed by atoms with Gasteiger partial charge in [0.05, 0.1) is 7.11 Å². The zero-order valence-corrected chi connectivity index (χ0v) is 11.4. The van der Waals surface area contributed by atoms with Crippen LogP contribution in [0.25, 0.3) is 0 Å². The van der Waals surface area contributed by atoms with E-state index in [0.29, 0.717) is 0 Å². The largest absolute Gasteiger partial charge is 0.496 e. The highest BCUT2D eigenvalue weighted by Gasteiger charge is 2.38. The molecule has 2 rings (SSSR count). The molecule has 1 aliphatic heterocycles. The second kappa shape index (κ2) is 5.22. The lowest BCUT2D eigenvalue weighted by atomic mass is 9.95. The third-order valence-corrected chi connectivity index (χ3v) is 2.58. The van der Waals surface area contributed by atoms with Crippen molar-refractivity contribution in [1.29, 1.82) is 0 Å². The normalized spacial score (nSPS) is 15.8. The SMILES string of the molecule is COc1ccc(OCB(O)O)c2c1C(=O)OC(C)(C)O2. The number of esters is 1. The lowest BCUT2D eigenvalue weighted by Gasteiger charge is -2.33. The van der Waals surface area contributed by atoms with Crippen LogP contribution < -0.4 is 14.2 Å². The number of benzene rings is 1. The summed E-state index contributed by atoms with van der Waals surface area (Å²) >= 11 is 0. The van der Waals surface area contributed by atoms with Crippen LogP contribution in [0.1, 0.15) is 24.2 Å². The first-order valence-electron chi connectivity index (χ1n) is 5.96. The van der Waals surface area contributed by atoms with Gasteiger partial charge in [0, 0.05) is 13.8 Å². The highest BCUT2D eigenvalue weighted by Crippen LogP contribution is 2.43. The number of methoxy groups -OCH3 is 1. The molecule has 0 saturated carbocycles. The summed E-state index contributed by atoms with van der Waals surface area (Å²) in [5.41, 5.74) is 0.108. The molecule has 0 aromatic heterocycles. The van der Waals surface area contributed by atoms with Gasteiger partial charge in [-0.25, -0.2) is 4.79 Å². The summed E-state index contributed by atoms with van der Waals surface area (Å²) in [5, 5.41) is 17.7. The van der Waals surface area contributed by atoms with Gasteiger partial charge in [-0.2, -0.15) is 0 Å². The molecule has 0 unspecified atom stereocenters.